The van der Waals surface area contributed by atoms with Crippen LogP contribution < -0.4 is 14.8 Å². The van der Waals surface area contributed by atoms with Gasteiger partial charge < -0.3 is 9.47 Å². The topological polar surface area (TPSA) is 73.3 Å². The SMILES string of the molecule is CCC(C)Sc1nnc(NC(=O)c2ccc(OC)c(OC)c2)s1. The lowest BCUT2D eigenvalue weighted by atomic mass is 10.2. The maximum atomic E-state index is 12.3. The Kier molecular flexibility index (Phi) is 6.23. The minimum Gasteiger partial charge on any atom is -0.493 e. The van der Waals surface area contributed by atoms with Gasteiger partial charge in [-0.1, -0.05) is 36.9 Å². The highest BCUT2D eigenvalue weighted by Gasteiger charge is 2.14. The molecule has 1 atom stereocenters. The van der Waals surface area contributed by atoms with Gasteiger partial charge in [0.05, 0.1) is 14.2 Å². The van der Waals surface area contributed by atoms with E-state index in [1.54, 1.807) is 37.1 Å². The van der Waals surface area contributed by atoms with Crippen molar-refractivity contribution in [1.82, 2.24) is 10.2 Å². The smallest absolute Gasteiger partial charge is 0.257 e. The molecule has 1 N–H and O–H groups in total. The Morgan fingerprint density at radius 2 is 2.04 bits per heavy atom. The number of nitrogens with zero attached hydrogens (tertiary/aromatic N) is 2. The lowest BCUT2D eigenvalue weighted by Gasteiger charge is -2.09. The third-order valence-electron chi connectivity index (χ3n) is 3.15. The maximum Gasteiger partial charge on any atom is 0.257 e. The molecule has 1 amide bonds. The van der Waals surface area contributed by atoms with Crippen molar-refractivity contribution in [3.63, 3.8) is 0 Å². The van der Waals surface area contributed by atoms with Gasteiger partial charge in [-0.15, -0.1) is 10.2 Å². The van der Waals surface area contributed by atoms with Crippen LogP contribution in [0.25, 0.3) is 0 Å². The molecule has 0 fully saturated rings. The highest BCUT2D eigenvalue weighted by Crippen LogP contribution is 2.31. The van der Waals surface area contributed by atoms with Crippen LogP contribution in [0.15, 0.2) is 22.5 Å². The van der Waals surface area contributed by atoms with E-state index in [9.17, 15) is 4.79 Å². The minimum absolute atomic E-state index is 0.262. The second-order valence-electron chi connectivity index (χ2n) is 4.73. The van der Waals surface area contributed by atoms with Crippen LogP contribution in [0, 0.1) is 0 Å². The standard InChI is InChI=1S/C15H19N3O3S2/c1-5-9(2)22-15-18-17-14(23-15)16-13(19)10-6-7-11(20-3)12(8-10)21-4/h6-9H,5H2,1-4H3,(H,16,17,19). The summed E-state index contributed by atoms with van der Waals surface area (Å²) in [4.78, 5) is 12.3. The molecule has 0 radical (unpaired) electrons. The van der Waals surface area contributed by atoms with Crippen molar-refractivity contribution in [3.05, 3.63) is 23.8 Å². The maximum absolute atomic E-state index is 12.3. The molecule has 1 aromatic carbocycles. The Bertz CT molecular complexity index is 676. The van der Waals surface area contributed by atoms with E-state index in [-0.39, 0.29) is 5.91 Å². The van der Waals surface area contributed by atoms with Crippen molar-refractivity contribution < 1.29 is 14.3 Å². The average molecular weight is 353 g/mol. The number of methoxy groups -OCH3 is 2. The van der Waals surface area contributed by atoms with Gasteiger partial charge in [0.25, 0.3) is 5.91 Å². The third-order valence-corrected chi connectivity index (χ3v) is 5.34. The lowest BCUT2D eigenvalue weighted by molar-refractivity contribution is 0.102. The number of rotatable bonds is 7. The number of nitrogens with one attached hydrogen (secondary N) is 1. The Labute approximate surface area is 143 Å². The summed E-state index contributed by atoms with van der Waals surface area (Å²) in [7, 11) is 3.08. The number of carbonyl (C=O) groups excluding carboxylic acids is 1. The second-order valence-corrected chi connectivity index (χ2v) is 7.40. The van der Waals surface area contributed by atoms with E-state index in [0.717, 1.165) is 10.8 Å². The molecule has 0 aliphatic carbocycles. The van der Waals surface area contributed by atoms with E-state index in [0.29, 0.717) is 27.4 Å². The van der Waals surface area contributed by atoms with E-state index < -0.39 is 0 Å². The van der Waals surface area contributed by atoms with Crippen molar-refractivity contribution in [1.29, 1.82) is 0 Å². The molecule has 1 heterocycles. The molecule has 2 rings (SSSR count). The van der Waals surface area contributed by atoms with Crippen LogP contribution >= 0.6 is 23.1 Å². The molecular weight excluding hydrogens is 334 g/mol. The Balaban J connectivity index is 2.07. The van der Waals surface area contributed by atoms with Gasteiger partial charge in [-0.05, 0) is 24.6 Å². The van der Waals surface area contributed by atoms with Crippen LogP contribution in [0.3, 0.4) is 0 Å². The highest BCUT2D eigenvalue weighted by molar-refractivity contribution is 8.01. The van der Waals surface area contributed by atoms with Crippen LogP contribution in [-0.4, -0.2) is 35.6 Å². The summed E-state index contributed by atoms with van der Waals surface area (Å²) < 4.78 is 11.2. The molecule has 0 aliphatic heterocycles. The van der Waals surface area contributed by atoms with Gasteiger partial charge in [0.1, 0.15) is 0 Å². The summed E-state index contributed by atoms with van der Waals surface area (Å²) in [6.07, 6.45) is 1.05. The molecule has 0 saturated carbocycles. The molecule has 124 valence electrons. The number of hydrogen-bond donors (Lipinski definition) is 1. The summed E-state index contributed by atoms with van der Waals surface area (Å²) >= 11 is 3.03. The molecule has 8 heteroatoms. The van der Waals surface area contributed by atoms with E-state index in [4.69, 9.17) is 9.47 Å². The molecule has 1 unspecified atom stereocenters. The number of hydrogen-bond acceptors (Lipinski definition) is 7. The van der Waals surface area contributed by atoms with Crippen molar-refractivity contribution >= 4 is 34.1 Å². The number of benzene rings is 1. The van der Waals surface area contributed by atoms with Gasteiger partial charge in [-0.3, -0.25) is 10.1 Å². The predicted molar refractivity (Wildman–Crippen MR) is 93.0 cm³/mol. The first kappa shape index (κ1) is 17.6. The number of ether oxygens (including phenoxy) is 2. The van der Waals surface area contributed by atoms with Gasteiger partial charge in [0, 0.05) is 10.8 Å². The number of thioether (sulfide) groups is 1. The fraction of sp³-hybridized carbons (Fsp3) is 0.400. The van der Waals surface area contributed by atoms with Gasteiger partial charge in [0.15, 0.2) is 15.8 Å². The largest absolute Gasteiger partial charge is 0.493 e. The summed E-state index contributed by atoms with van der Waals surface area (Å²) in [5.74, 6) is 0.819. The van der Waals surface area contributed by atoms with Crippen molar-refractivity contribution in [2.75, 3.05) is 19.5 Å². The van der Waals surface area contributed by atoms with Crippen LogP contribution in [-0.2, 0) is 0 Å². The van der Waals surface area contributed by atoms with Crippen LogP contribution in [0.2, 0.25) is 0 Å². The normalized spacial score (nSPS) is 11.8. The molecule has 1 aromatic heterocycles. The first-order valence-corrected chi connectivity index (χ1v) is 8.80. The monoisotopic (exact) mass is 353 g/mol. The zero-order valence-corrected chi connectivity index (χ0v) is 15.1. The number of anilines is 1. The third kappa shape index (κ3) is 4.59. The molecule has 0 bridgehead atoms. The molecule has 0 saturated heterocycles. The van der Waals surface area contributed by atoms with Gasteiger partial charge in [-0.2, -0.15) is 0 Å². The number of carbonyl (C=O) groups is 1. The number of amides is 1. The van der Waals surface area contributed by atoms with Crippen LogP contribution in [0.5, 0.6) is 11.5 Å². The summed E-state index contributed by atoms with van der Waals surface area (Å²) in [5, 5.41) is 11.8. The Morgan fingerprint density at radius 1 is 1.30 bits per heavy atom. The summed E-state index contributed by atoms with van der Waals surface area (Å²) in [6.45, 7) is 4.26. The quantitative estimate of drug-likeness (QED) is 0.604. The molecule has 23 heavy (non-hydrogen) atoms. The van der Waals surface area contributed by atoms with Gasteiger partial charge in [0.2, 0.25) is 5.13 Å². The molecular formula is C15H19N3O3S2. The Hall–Kier alpha value is -1.80. The van der Waals surface area contributed by atoms with E-state index in [2.05, 4.69) is 29.4 Å². The average Bonchev–Trinajstić information content (AvgIpc) is 3.00. The molecule has 0 aliphatic rings. The molecule has 2 aromatic rings. The van der Waals surface area contributed by atoms with Crippen LogP contribution in [0.1, 0.15) is 30.6 Å². The predicted octanol–water partition coefficient (Wildman–Crippen LogP) is 3.70. The summed E-state index contributed by atoms with van der Waals surface area (Å²) in [5.41, 5.74) is 0.467. The number of aromatic nitrogens is 2. The fourth-order valence-corrected chi connectivity index (χ4v) is 3.70. The van der Waals surface area contributed by atoms with E-state index >= 15 is 0 Å². The minimum atomic E-state index is -0.262. The van der Waals surface area contributed by atoms with E-state index in [1.807, 2.05) is 0 Å². The first-order chi connectivity index (χ1) is 11.1. The first-order valence-electron chi connectivity index (χ1n) is 7.10. The van der Waals surface area contributed by atoms with Gasteiger partial charge >= 0.3 is 0 Å². The van der Waals surface area contributed by atoms with Gasteiger partial charge in [-0.25, -0.2) is 0 Å². The molecule has 6 nitrogen and oxygen atoms in total. The van der Waals surface area contributed by atoms with Crippen molar-refractivity contribution in [2.45, 2.75) is 29.9 Å². The van der Waals surface area contributed by atoms with E-state index in [1.165, 1.54) is 18.4 Å². The zero-order chi connectivity index (χ0) is 16.8. The van der Waals surface area contributed by atoms with Crippen molar-refractivity contribution in [2.24, 2.45) is 0 Å². The fourth-order valence-electron chi connectivity index (χ4n) is 1.71. The lowest BCUT2D eigenvalue weighted by Crippen LogP contribution is -2.11. The summed E-state index contributed by atoms with van der Waals surface area (Å²) in [6, 6.07) is 4.99. The zero-order valence-electron chi connectivity index (χ0n) is 13.5. The highest BCUT2D eigenvalue weighted by atomic mass is 32.2. The van der Waals surface area contributed by atoms with Crippen molar-refractivity contribution in [3.8, 4) is 11.5 Å². The van der Waals surface area contributed by atoms with Crippen LogP contribution in [0.4, 0.5) is 5.13 Å². The Morgan fingerprint density at radius 3 is 2.70 bits per heavy atom. The second kappa shape index (κ2) is 8.16. The molecule has 0 spiro atoms.